The van der Waals surface area contributed by atoms with Gasteiger partial charge in [-0.25, -0.2) is 0 Å². The van der Waals surface area contributed by atoms with Crippen LogP contribution in [-0.4, -0.2) is 31.1 Å². The van der Waals surface area contributed by atoms with Crippen molar-refractivity contribution in [2.75, 3.05) is 20.1 Å². The molecular formula is C13H26N2. The first-order chi connectivity index (χ1) is 7.15. The maximum Gasteiger partial charge on any atom is 0.00936 e. The lowest BCUT2D eigenvalue weighted by Crippen LogP contribution is -2.44. The first kappa shape index (κ1) is 11.4. The number of nitrogens with two attached hydrogens (primary N) is 1. The molecule has 2 nitrogen and oxygen atoms in total. The van der Waals surface area contributed by atoms with Crippen LogP contribution in [0.4, 0.5) is 0 Å². The highest BCUT2D eigenvalue weighted by Gasteiger charge is 2.37. The van der Waals surface area contributed by atoms with Crippen molar-refractivity contribution < 1.29 is 0 Å². The van der Waals surface area contributed by atoms with Crippen LogP contribution in [0.2, 0.25) is 0 Å². The van der Waals surface area contributed by atoms with Crippen LogP contribution in [0.5, 0.6) is 0 Å². The molecule has 0 saturated heterocycles. The Morgan fingerprint density at radius 3 is 2.27 bits per heavy atom. The van der Waals surface area contributed by atoms with Gasteiger partial charge in [0.15, 0.2) is 0 Å². The van der Waals surface area contributed by atoms with Gasteiger partial charge in [-0.2, -0.15) is 0 Å². The van der Waals surface area contributed by atoms with E-state index in [1.807, 2.05) is 0 Å². The highest BCUT2D eigenvalue weighted by Crippen LogP contribution is 2.40. The lowest BCUT2D eigenvalue weighted by molar-refractivity contribution is 0.105. The Bertz CT molecular complexity index is 203. The first-order valence-corrected chi connectivity index (χ1v) is 6.55. The van der Waals surface area contributed by atoms with Crippen LogP contribution in [-0.2, 0) is 0 Å². The Kier molecular flexibility index (Phi) is 3.36. The average molecular weight is 210 g/mol. The molecule has 0 spiro atoms. The molecule has 0 amide bonds. The van der Waals surface area contributed by atoms with Crippen molar-refractivity contribution in [2.45, 2.75) is 51.5 Å². The molecule has 88 valence electrons. The predicted molar refractivity (Wildman–Crippen MR) is 64.8 cm³/mol. The lowest BCUT2D eigenvalue weighted by atomic mass is 9.70. The van der Waals surface area contributed by atoms with Crippen molar-refractivity contribution >= 4 is 0 Å². The fourth-order valence-corrected chi connectivity index (χ4v) is 2.97. The third-order valence-electron chi connectivity index (χ3n) is 4.52. The molecule has 2 heteroatoms. The van der Waals surface area contributed by atoms with Gasteiger partial charge in [0.2, 0.25) is 0 Å². The topological polar surface area (TPSA) is 29.3 Å². The maximum atomic E-state index is 6.03. The number of hydrogen-bond acceptors (Lipinski definition) is 2. The van der Waals surface area contributed by atoms with E-state index < -0.39 is 0 Å². The molecule has 0 aromatic heterocycles. The Morgan fingerprint density at radius 2 is 1.80 bits per heavy atom. The second kappa shape index (κ2) is 4.42. The molecule has 2 N–H and O–H groups in total. The van der Waals surface area contributed by atoms with Crippen molar-refractivity contribution in [3.05, 3.63) is 0 Å². The molecule has 0 aliphatic heterocycles. The monoisotopic (exact) mass is 210 g/mol. The van der Waals surface area contributed by atoms with Crippen LogP contribution in [0.3, 0.4) is 0 Å². The molecule has 0 aromatic rings. The Hall–Kier alpha value is -0.0800. The van der Waals surface area contributed by atoms with Gasteiger partial charge in [-0.15, -0.1) is 0 Å². The summed E-state index contributed by atoms with van der Waals surface area (Å²) in [6.45, 7) is 4.50. The zero-order valence-corrected chi connectivity index (χ0v) is 10.3. The fourth-order valence-electron chi connectivity index (χ4n) is 2.97. The second-order valence-corrected chi connectivity index (χ2v) is 6.03. The summed E-state index contributed by atoms with van der Waals surface area (Å²) < 4.78 is 0. The van der Waals surface area contributed by atoms with E-state index in [-0.39, 0.29) is 0 Å². The molecule has 15 heavy (non-hydrogen) atoms. The van der Waals surface area contributed by atoms with Crippen molar-refractivity contribution in [3.8, 4) is 0 Å². The predicted octanol–water partition coefficient (Wildman–Crippen LogP) is 2.24. The molecule has 0 radical (unpaired) electrons. The third kappa shape index (κ3) is 2.73. The van der Waals surface area contributed by atoms with Crippen LogP contribution in [0.1, 0.15) is 45.4 Å². The molecule has 2 rings (SSSR count). The van der Waals surface area contributed by atoms with E-state index in [1.54, 1.807) is 0 Å². The summed E-state index contributed by atoms with van der Waals surface area (Å²) in [5.41, 5.74) is 6.47. The Morgan fingerprint density at radius 1 is 1.20 bits per heavy atom. The van der Waals surface area contributed by atoms with Crippen LogP contribution in [0, 0.1) is 11.3 Å². The average Bonchev–Trinajstić information content (AvgIpc) is 3.05. The molecule has 2 saturated carbocycles. The number of nitrogens with zero attached hydrogens (tertiary/aromatic N) is 1. The summed E-state index contributed by atoms with van der Waals surface area (Å²) in [7, 11) is 2.28. The van der Waals surface area contributed by atoms with Crippen molar-refractivity contribution in [2.24, 2.45) is 17.1 Å². The maximum absolute atomic E-state index is 6.03. The standard InChI is InChI=1S/C13H26N2/c1-11-5-7-13(9-14,8-6-11)10-15(2)12-3-4-12/h11-12H,3-10,14H2,1-2H3. The van der Waals surface area contributed by atoms with E-state index in [0.717, 1.165) is 18.5 Å². The summed E-state index contributed by atoms with van der Waals surface area (Å²) in [6, 6.07) is 0.882. The van der Waals surface area contributed by atoms with Crippen molar-refractivity contribution in [1.29, 1.82) is 0 Å². The highest BCUT2D eigenvalue weighted by molar-refractivity contribution is 4.91. The van der Waals surface area contributed by atoms with Crippen molar-refractivity contribution in [1.82, 2.24) is 4.90 Å². The normalized spacial score (nSPS) is 37.2. The molecule has 0 bridgehead atoms. The number of hydrogen-bond donors (Lipinski definition) is 1. The van der Waals surface area contributed by atoms with Gasteiger partial charge in [0.1, 0.15) is 0 Å². The zero-order chi connectivity index (χ0) is 10.9. The third-order valence-corrected chi connectivity index (χ3v) is 4.52. The minimum Gasteiger partial charge on any atom is -0.330 e. The van der Waals surface area contributed by atoms with Crippen molar-refractivity contribution in [3.63, 3.8) is 0 Å². The largest absolute Gasteiger partial charge is 0.330 e. The van der Waals surface area contributed by atoms with Gasteiger partial charge in [-0.05, 0) is 50.6 Å². The van der Waals surface area contributed by atoms with Gasteiger partial charge in [-0.1, -0.05) is 19.8 Å². The quantitative estimate of drug-likeness (QED) is 0.771. The minimum absolute atomic E-state index is 0.448. The van der Waals surface area contributed by atoms with Crippen LogP contribution in [0.25, 0.3) is 0 Å². The summed E-state index contributed by atoms with van der Waals surface area (Å²) >= 11 is 0. The Labute approximate surface area is 94.2 Å². The van der Waals surface area contributed by atoms with Crippen LogP contribution < -0.4 is 5.73 Å². The fraction of sp³-hybridized carbons (Fsp3) is 1.00. The van der Waals surface area contributed by atoms with Crippen LogP contribution in [0.15, 0.2) is 0 Å². The molecule has 0 aromatic carbocycles. The van der Waals surface area contributed by atoms with E-state index in [1.165, 1.54) is 45.1 Å². The Balaban J connectivity index is 1.89. The van der Waals surface area contributed by atoms with Gasteiger partial charge in [0, 0.05) is 12.6 Å². The zero-order valence-electron chi connectivity index (χ0n) is 10.3. The lowest BCUT2D eigenvalue weighted by Gasteiger charge is -2.41. The molecule has 2 aliphatic carbocycles. The summed E-state index contributed by atoms with van der Waals surface area (Å²) in [4.78, 5) is 2.56. The van der Waals surface area contributed by atoms with E-state index in [9.17, 15) is 0 Å². The molecule has 2 fully saturated rings. The molecule has 0 atom stereocenters. The van der Waals surface area contributed by atoms with Gasteiger partial charge >= 0.3 is 0 Å². The van der Waals surface area contributed by atoms with Gasteiger partial charge < -0.3 is 10.6 Å². The molecule has 0 heterocycles. The smallest absolute Gasteiger partial charge is 0.00936 e. The molecule has 2 aliphatic rings. The molecular weight excluding hydrogens is 184 g/mol. The first-order valence-electron chi connectivity index (χ1n) is 6.55. The van der Waals surface area contributed by atoms with E-state index in [2.05, 4.69) is 18.9 Å². The van der Waals surface area contributed by atoms with E-state index >= 15 is 0 Å². The van der Waals surface area contributed by atoms with E-state index in [0.29, 0.717) is 5.41 Å². The summed E-state index contributed by atoms with van der Waals surface area (Å²) in [6.07, 6.45) is 8.29. The highest BCUT2D eigenvalue weighted by atomic mass is 15.2. The van der Waals surface area contributed by atoms with Gasteiger partial charge in [-0.3, -0.25) is 0 Å². The molecule has 0 unspecified atom stereocenters. The summed E-state index contributed by atoms with van der Waals surface area (Å²) in [5.74, 6) is 0.927. The number of rotatable bonds is 4. The summed E-state index contributed by atoms with van der Waals surface area (Å²) in [5, 5.41) is 0. The van der Waals surface area contributed by atoms with Gasteiger partial charge in [0.25, 0.3) is 0 Å². The van der Waals surface area contributed by atoms with Crippen LogP contribution >= 0.6 is 0 Å². The van der Waals surface area contributed by atoms with Gasteiger partial charge in [0.05, 0.1) is 0 Å². The second-order valence-electron chi connectivity index (χ2n) is 6.03. The minimum atomic E-state index is 0.448. The SMILES string of the molecule is CC1CCC(CN)(CN(C)C2CC2)CC1. The van der Waals surface area contributed by atoms with E-state index in [4.69, 9.17) is 5.73 Å².